The summed E-state index contributed by atoms with van der Waals surface area (Å²) in [6.45, 7) is 17.0. The second kappa shape index (κ2) is 22.7. The van der Waals surface area contributed by atoms with Crippen LogP contribution in [0.5, 0.6) is 0 Å². The van der Waals surface area contributed by atoms with E-state index in [1.165, 1.54) is 0 Å². The molecule has 0 aromatic heterocycles. The second-order valence-corrected chi connectivity index (χ2v) is 2.45. The molecule has 0 spiro atoms. The molecule has 0 saturated heterocycles. The van der Waals surface area contributed by atoms with Crippen molar-refractivity contribution in [2.75, 3.05) is 33.2 Å². The summed E-state index contributed by atoms with van der Waals surface area (Å²) in [4.78, 5) is 2.25. The Bertz CT molecular complexity index is 50.1. The zero-order valence-corrected chi connectivity index (χ0v) is 10.8. The predicted octanol–water partition coefficient (Wildman–Crippen LogP) is 2.60. The maximum absolute atomic E-state index is 3.11. The number of nitrogens with one attached hydrogen (secondary N) is 1. The highest BCUT2D eigenvalue weighted by Crippen LogP contribution is 1.73. The Morgan fingerprint density at radius 3 is 1.15 bits per heavy atom. The lowest BCUT2D eigenvalue weighted by atomic mass is 10.6. The molecule has 84 valence electrons. The Labute approximate surface area is 85.7 Å². The molecule has 2 heteroatoms. The van der Waals surface area contributed by atoms with Gasteiger partial charge >= 0.3 is 0 Å². The average molecular weight is 190 g/mol. The van der Waals surface area contributed by atoms with Gasteiger partial charge in [0.25, 0.3) is 0 Å². The molecule has 0 fully saturated rings. The lowest BCUT2D eigenvalue weighted by molar-refractivity contribution is 0.373. The molecule has 0 aliphatic heterocycles. The first kappa shape index (κ1) is 18.7. The summed E-state index contributed by atoms with van der Waals surface area (Å²) >= 11 is 0. The first-order chi connectivity index (χ1) is 6.22. The molecule has 0 saturated carbocycles. The first-order valence-corrected chi connectivity index (χ1v) is 5.62. The lowest BCUT2D eigenvalue weighted by Gasteiger charge is -2.07. The maximum Gasteiger partial charge on any atom is -0.00504 e. The van der Waals surface area contributed by atoms with Gasteiger partial charge in [0.15, 0.2) is 0 Å². The molecular formula is C11H30N2. The molecule has 1 N–H and O–H groups in total. The van der Waals surface area contributed by atoms with Crippen LogP contribution in [-0.2, 0) is 0 Å². The highest BCUT2D eigenvalue weighted by atomic mass is 15.1. The molecule has 0 radical (unpaired) electrons. The standard InChI is InChI=1S/C5H13N.C4H11N.C2H6/c1-4-6(3)5-2;1-3-5-4-2;1-2/h4-5H2,1-3H3;5H,3-4H2,1-2H3;1-2H3. The molecular weight excluding hydrogens is 160 g/mol. The summed E-state index contributed by atoms with van der Waals surface area (Å²) in [5.74, 6) is 0. The summed E-state index contributed by atoms with van der Waals surface area (Å²) in [5.41, 5.74) is 0. The van der Waals surface area contributed by atoms with E-state index in [1.54, 1.807) is 0 Å². The summed E-state index contributed by atoms with van der Waals surface area (Å²) in [5, 5.41) is 3.11. The predicted molar refractivity (Wildman–Crippen MR) is 64.4 cm³/mol. The summed E-state index contributed by atoms with van der Waals surface area (Å²) in [6, 6.07) is 0. The zero-order valence-electron chi connectivity index (χ0n) is 10.8. The fourth-order valence-electron chi connectivity index (χ4n) is 0.474. The smallest absolute Gasteiger partial charge is 0.00504 e. The SMILES string of the molecule is CC.CCN(C)CC.CCNCC. The highest BCUT2D eigenvalue weighted by Gasteiger charge is 1.81. The van der Waals surface area contributed by atoms with Crippen LogP contribution in [-0.4, -0.2) is 38.1 Å². The minimum absolute atomic E-state index is 1.09. The van der Waals surface area contributed by atoms with Crippen molar-refractivity contribution in [2.45, 2.75) is 41.5 Å². The number of hydrogen-bond donors (Lipinski definition) is 1. The van der Waals surface area contributed by atoms with Crippen molar-refractivity contribution in [2.24, 2.45) is 0 Å². The largest absolute Gasteiger partial charge is 0.317 e. The number of hydrogen-bond acceptors (Lipinski definition) is 2. The Balaban J connectivity index is -0.000000131. The van der Waals surface area contributed by atoms with Gasteiger partial charge in [-0.2, -0.15) is 0 Å². The Kier molecular flexibility index (Phi) is 32.5. The molecule has 0 aromatic carbocycles. The molecule has 0 heterocycles. The third kappa shape index (κ3) is 33.5. The second-order valence-electron chi connectivity index (χ2n) is 2.45. The van der Waals surface area contributed by atoms with Crippen LogP contribution in [0.15, 0.2) is 0 Å². The molecule has 0 atom stereocenters. The molecule has 2 nitrogen and oxygen atoms in total. The van der Waals surface area contributed by atoms with Gasteiger partial charge in [-0.05, 0) is 33.2 Å². The van der Waals surface area contributed by atoms with E-state index in [0.717, 1.165) is 26.2 Å². The van der Waals surface area contributed by atoms with Crippen molar-refractivity contribution in [3.63, 3.8) is 0 Å². The summed E-state index contributed by atoms with van der Waals surface area (Å²) in [6.07, 6.45) is 0. The highest BCUT2D eigenvalue weighted by molar-refractivity contribution is 4.36. The monoisotopic (exact) mass is 190 g/mol. The Morgan fingerprint density at radius 2 is 1.15 bits per heavy atom. The fraction of sp³-hybridized carbons (Fsp3) is 1.00. The van der Waals surface area contributed by atoms with E-state index >= 15 is 0 Å². The number of nitrogens with zero attached hydrogens (tertiary/aromatic N) is 1. The van der Waals surface area contributed by atoms with Gasteiger partial charge < -0.3 is 10.2 Å². The molecule has 0 aliphatic rings. The van der Waals surface area contributed by atoms with E-state index < -0.39 is 0 Å². The lowest BCUT2D eigenvalue weighted by Crippen LogP contribution is -2.15. The van der Waals surface area contributed by atoms with Crippen LogP contribution in [0.25, 0.3) is 0 Å². The minimum atomic E-state index is 1.09. The van der Waals surface area contributed by atoms with Gasteiger partial charge in [0.1, 0.15) is 0 Å². The molecule has 0 bridgehead atoms. The van der Waals surface area contributed by atoms with Gasteiger partial charge in [0, 0.05) is 0 Å². The number of rotatable bonds is 4. The van der Waals surface area contributed by atoms with Crippen LogP contribution >= 0.6 is 0 Å². The fourth-order valence-corrected chi connectivity index (χ4v) is 0.474. The van der Waals surface area contributed by atoms with Gasteiger partial charge in [-0.15, -0.1) is 0 Å². The van der Waals surface area contributed by atoms with E-state index in [-0.39, 0.29) is 0 Å². The maximum atomic E-state index is 3.11. The quantitative estimate of drug-likeness (QED) is 0.733. The van der Waals surface area contributed by atoms with Gasteiger partial charge in [0.2, 0.25) is 0 Å². The van der Waals surface area contributed by atoms with Crippen LogP contribution in [0.1, 0.15) is 41.5 Å². The van der Waals surface area contributed by atoms with E-state index in [0.29, 0.717) is 0 Å². The van der Waals surface area contributed by atoms with Gasteiger partial charge in [0.05, 0.1) is 0 Å². The van der Waals surface area contributed by atoms with Crippen molar-refractivity contribution in [1.82, 2.24) is 10.2 Å². The third-order valence-electron chi connectivity index (χ3n) is 1.58. The van der Waals surface area contributed by atoms with Crippen LogP contribution in [0.4, 0.5) is 0 Å². The van der Waals surface area contributed by atoms with Crippen molar-refractivity contribution < 1.29 is 0 Å². The van der Waals surface area contributed by atoms with Crippen LogP contribution in [0.2, 0.25) is 0 Å². The summed E-state index contributed by atoms with van der Waals surface area (Å²) < 4.78 is 0. The zero-order chi connectivity index (χ0) is 11.1. The van der Waals surface area contributed by atoms with Crippen LogP contribution in [0, 0.1) is 0 Å². The van der Waals surface area contributed by atoms with Gasteiger partial charge in [-0.3, -0.25) is 0 Å². The Morgan fingerprint density at radius 1 is 0.846 bits per heavy atom. The van der Waals surface area contributed by atoms with E-state index in [2.05, 4.69) is 45.0 Å². The summed E-state index contributed by atoms with van der Waals surface area (Å²) in [7, 11) is 2.11. The van der Waals surface area contributed by atoms with Gasteiger partial charge in [-0.1, -0.05) is 41.5 Å². The first-order valence-electron chi connectivity index (χ1n) is 5.62. The van der Waals surface area contributed by atoms with Crippen molar-refractivity contribution >= 4 is 0 Å². The van der Waals surface area contributed by atoms with Crippen molar-refractivity contribution in [3.8, 4) is 0 Å². The minimum Gasteiger partial charge on any atom is -0.317 e. The van der Waals surface area contributed by atoms with Crippen LogP contribution < -0.4 is 5.32 Å². The molecule has 0 unspecified atom stereocenters. The molecule has 13 heavy (non-hydrogen) atoms. The topological polar surface area (TPSA) is 15.3 Å². The van der Waals surface area contributed by atoms with Crippen molar-refractivity contribution in [1.29, 1.82) is 0 Å². The molecule has 0 aromatic rings. The average Bonchev–Trinajstić information content (AvgIpc) is 2.22. The molecule has 0 rings (SSSR count). The normalized spacial score (nSPS) is 8.31. The van der Waals surface area contributed by atoms with E-state index in [1.807, 2.05) is 13.8 Å². The van der Waals surface area contributed by atoms with Gasteiger partial charge in [-0.25, -0.2) is 0 Å². The third-order valence-corrected chi connectivity index (χ3v) is 1.58. The molecule has 0 amide bonds. The Hall–Kier alpha value is -0.0800. The van der Waals surface area contributed by atoms with Crippen molar-refractivity contribution in [3.05, 3.63) is 0 Å². The van der Waals surface area contributed by atoms with Crippen LogP contribution in [0.3, 0.4) is 0 Å². The van der Waals surface area contributed by atoms with E-state index in [4.69, 9.17) is 0 Å². The molecule has 0 aliphatic carbocycles. The van der Waals surface area contributed by atoms with E-state index in [9.17, 15) is 0 Å².